The van der Waals surface area contributed by atoms with Crippen molar-refractivity contribution < 1.29 is 14.0 Å². The summed E-state index contributed by atoms with van der Waals surface area (Å²) in [5.41, 5.74) is 3.69. The van der Waals surface area contributed by atoms with E-state index in [4.69, 9.17) is 11.6 Å². The van der Waals surface area contributed by atoms with Gasteiger partial charge in [0.25, 0.3) is 5.91 Å². The molecule has 7 heteroatoms. The minimum Gasteiger partial charge on any atom is -0.323 e. The molecule has 0 aromatic heterocycles. The summed E-state index contributed by atoms with van der Waals surface area (Å²) in [4.78, 5) is 32.2. The first kappa shape index (κ1) is 21.1. The van der Waals surface area contributed by atoms with Crippen LogP contribution in [0.15, 0.2) is 77.8 Å². The van der Waals surface area contributed by atoms with Gasteiger partial charge in [0.15, 0.2) is 0 Å². The Hall–Kier alpha value is -3.77. The van der Waals surface area contributed by atoms with Crippen molar-refractivity contribution >= 4 is 40.9 Å². The molecule has 164 valence electrons. The van der Waals surface area contributed by atoms with Gasteiger partial charge in [0, 0.05) is 28.8 Å². The van der Waals surface area contributed by atoms with E-state index in [1.165, 1.54) is 12.1 Å². The highest BCUT2D eigenvalue weighted by Gasteiger charge is 2.37. The number of halogens is 2. The molecule has 5 nitrogen and oxygen atoms in total. The Kier molecular flexibility index (Phi) is 5.52. The zero-order chi connectivity index (χ0) is 22.9. The van der Waals surface area contributed by atoms with Gasteiger partial charge >= 0.3 is 0 Å². The van der Waals surface area contributed by atoms with Gasteiger partial charge in [0.1, 0.15) is 5.82 Å². The molecule has 0 saturated heterocycles. The molecule has 0 fully saturated rings. The molecular weight excluding hydrogens is 441 g/mol. The molecule has 33 heavy (non-hydrogen) atoms. The third kappa shape index (κ3) is 3.94. The topological polar surface area (TPSA) is 61.8 Å². The monoisotopic (exact) mass is 459 g/mol. The zero-order valence-electron chi connectivity index (χ0n) is 17.5. The van der Waals surface area contributed by atoms with E-state index in [2.05, 4.69) is 10.3 Å². The van der Waals surface area contributed by atoms with Crippen molar-refractivity contribution in [2.45, 2.75) is 12.6 Å². The Bertz CT molecular complexity index is 1330. The lowest BCUT2D eigenvalue weighted by atomic mass is 9.98. The van der Waals surface area contributed by atoms with E-state index in [0.717, 1.165) is 11.3 Å². The quantitative estimate of drug-likeness (QED) is 0.589. The summed E-state index contributed by atoms with van der Waals surface area (Å²) in [5.74, 6) is -1.31. The van der Waals surface area contributed by atoms with E-state index < -0.39 is 17.9 Å². The molecule has 1 unspecified atom stereocenters. The SMILES string of the molecule is O=C(/C=C/c1ccccc1Cl)NC1N=C(c2ccccc2F)c2cccc3c2N(CC3)C1=O. The molecule has 5 rings (SSSR count). The lowest BCUT2D eigenvalue weighted by molar-refractivity contribution is -0.125. The van der Waals surface area contributed by atoms with Crippen LogP contribution in [0, 0.1) is 5.82 Å². The van der Waals surface area contributed by atoms with E-state index in [-0.39, 0.29) is 11.5 Å². The Balaban J connectivity index is 1.54. The molecule has 2 aliphatic heterocycles. The van der Waals surface area contributed by atoms with Gasteiger partial charge in [-0.1, -0.05) is 60.1 Å². The highest BCUT2D eigenvalue weighted by molar-refractivity contribution is 6.32. The number of carbonyl (C=O) groups is 2. The number of carbonyl (C=O) groups excluding carboxylic acids is 2. The van der Waals surface area contributed by atoms with Gasteiger partial charge < -0.3 is 10.2 Å². The van der Waals surface area contributed by atoms with Crippen LogP contribution in [0.4, 0.5) is 10.1 Å². The first-order chi connectivity index (χ1) is 16.0. The van der Waals surface area contributed by atoms with Crippen LogP contribution in [-0.2, 0) is 16.0 Å². The van der Waals surface area contributed by atoms with Gasteiger partial charge in [-0.2, -0.15) is 0 Å². The average Bonchev–Trinajstić information content (AvgIpc) is 3.21. The number of anilines is 1. The third-order valence-corrected chi connectivity index (χ3v) is 6.08. The summed E-state index contributed by atoms with van der Waals surface area (Å²) in [6, 6.07) is 19.1. The molecule has 1 atom stereocenters. The molecule has 0 bridgehead atoms. The number of rotatable bonds is 4. The fraction of sp³-hybridized carbons (Fsp3) is 0.115. The van der Waals surface area contributed by atoms with Crippen LogP contribution in [0.25, 0.3) is 6.08 Å². The number of nitrogens with zero attached hydrogens (tertiary/aromatic N) is 2. The Morgan fingerprint density at radius 2 is 1.82 bits per heavy atom. The normalized spacial score (nSPS) is 17.0. The molecule has 2 aliphatic rings. The molecule has 1 N–H and O–H groups in total. The van der Waals surface area contributed by atoms with Crippen molar-refractivity contribution in [3.8, 4) is 0 Å². The van der Waals surface area contributed by atoms with E-state index >= 15 is 0 Å². The van der Waals surface area contributed by atoms with Crippen molar-refractivity contribution in [3.05, 3.63) is 106 Å². The first-order valence-corrected chi connectivity index (χ1v) is 10.9. The summed E-state index contributed by atoms with van der Waals surface area (Å²) in [6.45, 7) is 0.479. The maximum Gasteiger partial charge on any atom is 0.272 e. The molecular formula is C26H19ClFN3O2. The number of hydrogen-bond donors (Lipinski definition) is 1. The molecule has 0 aliphatic carbocycles. The number of nitrogens with one attached hydrogen (secondary N) is 1. The smallest absolute Gasteiger partial charge is 0.272 e. The van der Waals surface area contributed by atoms with E-state index in [0.29, 0.717) is 34.8 Å². The highest BCUT2D eigenvalue weighted by Crippen LogP contribution is 2.36. The summed E-state index contributed by atoms with van der Waals surface area (Å²) in [7, 11) is 0. The van der Waals surface area contributed by atoms with Gasteiger partial charge in [-0.15, -0.1) is 0 Å². The van der Waals surface area contributed by atoms with Crippen LogP contribution in [-0.4, -0.2) is 30.2 Å². The van der Waals surface area contributed by atoms with E-state index in [9.17, 15) is 14.0 Å². The fourth-order valence-corrected chi connectivity index (χ4v) is 4.39. The first-order valence-electron chi connectivity index (χ1n) is 10.5. The Morgan fingerprint density at radius 1 is 1.06 bits per heavy atom. The van der Waals surface area contributed by atoms with Crippen LogP contribution in [0.5, 0.6) is 0 Å². The molecule has 0 radical (unpaired) electrons. The van der Waals surface area contributed by atoms with Crippen molar-refractivity contribution in [1.29, 1.82) is 0 Å². The van der Waals surface area contributed by atoms with Crippen LogP contribution < -0.4 is 10.2 Å². The second-order valence-electron chi connectivity index (χ2n) is 7.78. The summed E-state index contributed by atoms with van der Waals surface area (Å²) in [6.07, 6.45) is 2.37. The fourth-order valence-electron chi connectivity index (χ4n) is 4.19. The molecule has 3 aromatic rings. The second kappa shape index (κ2) is 8.64. The van der Waals surface area contributed by atoms with Gasteiger partial charge in [0.2, 0.25) is 12.1 Å². The lowest BCUT2D eigenvalue weighted by Crippen LogP contribution is -2.46. The van der Waals surface area contributed by atoms with Gasteiger partial charge in [-0.25, -0.2) is 9.38 Å². The molecule has 0 saturated carbocycles. The van der Waals surface area contributed by atoms with Crippen molar-refractivity contribution in [2.75, 3.05) is 11.4 Å². The van der Waals surface area contributed by atoms with Crippen LogP contribution in [0.3, 0.4) is 0 Å². The average molecular weight is 460 g/mol. The van der Waals surface area contributed by atoms with Crippen molar-refractivity contribution in [2.24, 2.45) is 4.99 Å². The Labute approximate surface area is 195 Å². The van der Waals surface area contributed by atoms with Gasteiger partial charge in [-0.05, 0) is 41.8 Å². The standard InChI is InChI=1S/C26H19ClFN3O2/c27-20-10-3-1-6-16(20)12-13-22(32)29-25-26(33)31-15-14-17-7-5-9-19(24(17)31)23(30-25)18-8-2-4-11-21(18)28/h1-13,25H,14-15H2,(H,29,32)/b13-12+. The van der Waals surface area contributed by atoms with Crippen LogP contribution >= 0.6 is 11.6 Å². The van der Waals surface area contributed by atoms with Crippen LogP contribution in [0.1, 0.15) is 22.3 Å². The van der Waals surface area contributed by atoms with E-state index in [1.807, 2.05) is 24.3 Å². The predicted molar refractivity (Wildman–Crippen MR) is 127 cm³/mol. The molecule has 2 amide bonds. The lowest BCUT2D eigenvalue weighted by Gasteiger charge is -2.20. The largest absolute Gasteiger partial charge is 0.323 e. The maximum atomic E-state index is 14.8. The number of hydrogen-bond acceptors (Lipinski definition) is 3. The maximum absolute atomic E-state index is 14.8. The Morgan fingerprint density at radius 3 is 2.64 bits per heavy atom. The highest BCUT2D eigenvalue weighted by atomic mass is 35.5. The minimum atomic E-state index is -1.19. The van der Waals surface area contributed by atoms with Crippen molar-refractivity contribution in [1.82, 2.24) is 5.32 Å². The molecule has 2 heterocycles. The van der Waals surface area contributed by atoms with E-state index in [1.54, 1.807) is 47.4 Å². The van der Waals surface area contributed by atoms with Gasteiger partial charge in [0.05, 0.1) is 11.4 Å². The minimum absolute atomic E-state index is 0.276. The molecule has 0 spiro atoms. The number of aliphatic imine (C=N–C) groups is 1. The predicted octanol–water partition coefficient (Wildman–Crippen LogP) is 4.37. The van der Waals surface area contributed by atoms with Gasteiger partial charge in [-0.3, -0.25) is 9.59 Å². The summed E-state index contributed by atoms with van der Waals surface area (Å²) >= 11 is 6.14. The zero-order valence-corrected chi connectivity index (χ0v) is 18.2. The summed E-state index contributed by atoms with van der Waals surface area (Å²) < 4.78 is 14.8. The summed E-state index contributed by atoms with van der Waals surface area (Å²) in [5, 5.41) is 3.18. The number of amides is 2. The number of para-hydroxylation sites is 1. The van der Waals surface area contributed by atoms with Crippen LogP contribution in [0.2, 0.25) is 5.02 Å². The molecule has 3 aromatic carbocycles. The van der Waals surface area contributed by atoms with Crippen molar-refractivity contribution in [3.63, 3.8) is 0 Å². The number of benzene rings is 3. The second-order valence-corrected chi connectivity index (χ2v) is 8.18. The third-order valence-electron chi connectivity index (χ3n) is 5.73.